The van der Waals surface area contributed by atoms with Gasteiger partial charge in [0, 0.05) is 12.3 Å². The summed E-state index contributed by atoms with van der Waals surface area (Å²) < 4.78 is 32.2. The maximum Gasteiger partial charge on any atom is 0.354 e. The van der Waals surface area contributed by atoms with Crippen LogP contribution in [0.2, 0.25) is 0 Å². The molecule has 130 valence electrons. The van der Waals surface area contributed by atoms with Gasteiger partial charge in [0.2, 0.25) is 5.95 Å². The van der Waals surface area contributed by atoms with Gasteiger partial charge in [-0.15, -0.1) is 0 Å². The molecule has 0 amide bonds. The molecule has 1 aliphatic carbocycles. The van der Waals surface area contributed by atoms with Crippen LogP contribution in [0.25, 0.3) is 11.2 Å². The second-order valence-corrected chi connectivity index (χ2v) is 8.03. The Hall–Kier alpha value is -1.61. The standard InChI is InChI=1S/C13H17FN5O4P/c14-7-3-9(24(20,21)22)23-8(7)4-19-5-16-11-10(6-1-2-6)17-13(15)18-12(11)19/h5-9H,1-4H2,(H2,15,17,18)(H2,20,21,22)/t7-,8+,9-/m0/s1. The third kappa shape index (κ3) is 2.79. The van der Waals surface area contributed by atoms with Crippen molar-refractivity contribution in [1.82, 2.24) is 19.5 Å². The molecular weight excluding hydrogens is 340 g/mol. The molecular formula is C13H17FN5O4P. The molecule has 2 aromatic rings. The molecule has 0 spiro atoms. The van der Waals surface area contributed by atoms with Crippen molar-refractivity contribution in [2.45, 2.75) is 49.8 Å². The smallest absolute Gasteiger partial charge is 0.354 e. The third-order valence-electron chi connectivity index (χ3n) is 4.39. The van der Waals surface area contributed by atoms with E-state index in [1.807, 2.05) is 0 Å². The summed E-state index contributed by atoms with van der Waals surface area (Å²) in [6, 6.07) is 0. The Morgan fingerprint density at radius 2 is 2.17 bits per heavy atom. The van der Waals surface area contributed by atoms with E-state index < -0.39 is 25.7 Å². The summed E-state index contributed by atoms with van der Waals surface area (Å²) in [7, 11) is -4.48. The molecule has 9 nitrogen and oxygen atoms in total. The normalized spacial score (nSPS) is 27.9. The molecule has 2 fully saturated rings. The van der Waals surface area contributed by atoms with Crippen LogP contribution in [0.5, 0.6) is 0 Å². The largest absolute Gasteiger partial charge is 0.368 e. The summed E-state index contributed by atoms with van der Waals surface area (Å²) in [5.74, 6) is -0.950. The Morgan fingerprint density at radius 3 is 2.79 bits per heavy atom. The average molecular weight is 357 g/mol. The van der Waals surface area contributed by atoms with Crippen LogP contribution in [0.4, 0.5) is 10.3 Å². The Morgan fingerprint density at radius 1 is 1.42 bits per heavy atom. The summed E-state index contributed by atoms with van der Waals surface area (Å²) in [4.78, 5) is 31.0. The monoisotopic (exact) mass is 357 g/mol. The van der Waals surface area contributed by atoms with Crippen LogP contribution in [-0.2, 0) is 15.8 Å². The first-order valence-electron chi connectivity index (χ1n) is 7.66. The van der Waals surface area contributed by atoms with E-state index in [1.165, 1.54) is 6.33 Å². The molecule has 0 bridgehead atoms. The molecule has 2 aromatic heterocycles. The first kappa shape index (κ1) is 15.9. The van der Waals surface area contributed by atoms with E-state index in [-0.39, 0.29) is 18.9 Å². The van der Waals surface area contributed by atoms with Crippen LogP contribution in [0.15, 0.2) is 6.33 Å². The lowest BCUT2D eigenvalue weighted by Crippen LogP contribution is -2.24. The minimum Gasteiger partial charge on any atom is -0.368 e. The number of nitrogen functional groups attached to an aromatic ring is 1. The van der Waals surface area contributed by atoms with Crippen LogP contribution in [-0.4, -0.2) is 47.4 Å². The summed E-state index contributed by atoms with van der Waals surface area (Å²) >= 11 is 0. The van der Waals surface area contributed by atoms with Gasteiger partial charge in [0.05, 0.1) is 18.6 Å². The van der Waals surface area contributed by atoms with Gasteiger partial charge < -0.3 is 24.8 Å². The summed E-state index contributed by atoms with van der Waals surface area (Å²) in [5, 5.41) is 0. The number of aromatic nitrogens is 4. The van der Waals surface area contributed by atoms with Gasteiger partial charge >= 0.3 is 7.60 Å². The van der Waals surface area contributed by atoms with Crippen molar-refractivity contribution in [2.24, 2.45) is 0 Å². The molecule has 3 atom stereocenters. The Labute approximate surface area is 136 Å². The predicted octanol–water partition coefficient (Wildman–Crippen LogP) is 0.917. The van der Waals surface area contributed by atoms with Crippen molar-refractivity contribution in [3.63, 3.8) is 0 Å². The average Bonchev–Trinajstić information content (AvgIpc) is 3.17. The number of halogens is 1. The molecule has 4 rings (SSSR count). The molecule has 0 radical (unpaired) electrons. The molecule has 2 aliphatic rings. The van der Waals surface area contributed by atoms with Crippen LogP contribution < -0.4 is 5.73 Å². The molecule has 1 saturated carbocycles. The fraction of sp³-hybridized carbons (Fsp3) is 0.615. The first-order valence-corrected chi connectivity index (χ1v) is 9.34. The van der Waals surface area contributed by atoms with E-state index in [2.05, 4.69) is 15.0 Å². The SMILES string of the molecule is Nc1nc(C2CC2)c2ncn(C[C@H]3O[C@@H](P(=O)(O)O)C[C@@H]3F)c2n1. The fourth-order valence-corrected chi connectivity index (χ4v) is 3.80. The lowest BCUT2D eigenvalue weighted by molar-refractivity contribution is 0.0400. The molecule has 1 aliphatic heterocycles. The fourth-order valence-electron chi connectivity index (χ4n) is 3.01. The number of nitrogens with zero attached hydrogens (tertiary/aromatic N) is 4. The molecule has 1 saturated heterocycles. The number of fused-ring (bicyclic) bond motifs is 1. The number of rotatable bonds is 4. The molecule has 3 heterocycles. The second kappa shape index (κ2) is 5.45. The van der Waals surface area contributed by atoms with Gasteiger partial charge in [0.1, 0.15) is 17.8 Å². The summed E-state index contributed by atoms with van der Waals surface area (Å²) in [6.45, 7) is 0.0503. The lowest BCUT2D eigenvalue weighted by atomic mass is 10.2. The number of hydrogen-bond acceptors (Lipinski definition) is 6. The van der Waals surface area contributed by atoms with Gasteiger partial charge in [-0.2, -0.15) is 4.98 Å². The topological polar surface area (TPSA) is 136 Å². The molecule has 0 unspecified atom stereocenters. The predicted molar refractivity (Wildman–Crippen MR) is 81.9 cm³/mol. The summed E-state index contributed by atoms with van der Waals surface area (Å²) in [6.07, 6.45) is 0.793. The molecule has 24 heavy (non-hydrogen) atoms. The van der Waals surface area contributed by atoms with E-state index >= 15 is 0 Å². The van der Waals surface area contributed by atoms with E-state index in [0.29, 0.717) is 17.1 Å². The van der Waals surface area contributed by atoms with Crippen LogP contribution in [0.1, 0.15) is 30.9 Å². The van der Waals surface area contributed by atoms with Crippen molar-refractivity contribution < 1.29 is 23.5 Å². The quantitative estimate of drug-likeness (QED) is 0.687. The summed E-state index contributed by atoms with van der Waals surface area (Å²) in [5.41, 5.74) is 7.68. The number of ether oxygens (including phenoxy) is 1. The van der Waals surface area contributed by atoms with E-state index in [1.54, 1.807) is 4.57 Å². The van der Waals surface area contributed by atoms with Crippen molar-refractivity contribution in [2.75, 3.05) is 5.73 Å². The van der Waals surface area contributed by atoms with Crippen molar-refractivity contribution in [3.05, 3.63) is 12.0 Å². The zero-order valence-corrected chi connectivity index (χ0v) is 13.5. The van der Waals surface area contributed by atoms with Gasteiger partial charge in [0.25, 0.3) is 0 Å². The van der Waals surface area contributed by atoms with E-state index in [4.69, 9.17) is 20.3 Å². The maximum absolute atomic E-state index is 14.1. The highest BCUT2D eigenvalue weighted by atomic mass is 31.2. The zero-order valence-electron chi connectivity index (χ0n) is 12.6. The number of nitrogens with two attached hydrogens (primary N) is 1. The van der Waals surface area contributed by atoms with Gasteiger partial charge in [0.15, 0.2) is 11.5 Å². The van der Waals surface area contributed by atoms with E-state index in [9.17, 15) is 8.96 Å². The van der Waals surface area contributed by atoms with Crippen molar-refractivity contribution in [3.8, 4) is 0 Å². The Bertz CT molecular complexity index is 835. The number of imidazole rings is 1. The number of anilines is 1. The third-order valence-corrected chi connectivity index (χ3v) is 5.47. The van der Waals surface area contributed by atoms with Gasteiger partial charge in [-0.25, -0.2) is 14.4 Å². The molecule has 0 aromatic carbocycles. The van der Waals surface area contributed by atoms with Crippen LogP contribution in [0.3, 0.4) is 0 Å². The van der Waals surface area contributed by atoms with Crippen LogP contribution in [0, 0.1) is 0 Å². The minimum absolute atomic E-state index is 0.0503. The van der Waals surface area contributed by atoms with Gasteiger partial charge in [-0.3, -0.25) is 4.57 Å². The van der Waals surface area contributed by atoms with Crippen LogP contribution >= 0.6 is 7.60 Å². The molecule has 4 N–H and O–H groups in total. The highest BCUT2D eigenvalue weighted by Gasteiger charge is 2.44. The van der Waals surface area contributed by atoms with Crippen molar-refractivity contribution in [1.29, 1.82) is 0 Å². The first-order chi connectivity index (χ1) is 11.3. The zero-order chi connectivity index (χ0) is 17.1. The van der Waals surface area contributed by atoms with E-state index in [0.717, 1.165) is 18.5 Å². The number of hydrogen-bond donors (Lipinski definition) is 3. The highest BCUT2D eigenvalue weighted by molar-refractivity contribution is 7.52. The van der Waals surface area contributed by atoms with Crippen molar-refractivity contribution >= 4 is 24.7 Å². The lowest BCUT2D eigenvalue weighted by Gasteiger charge is -2.15. The van der Waals surface area contributed by atoms with Gasteiger partial charge in [-0.1, -0.05) is 0 Å². The number of alkyl halides is 1. The maximum atomic E-state index is 14.1. The highest BCUT2D eigenvalue weighted by Crippen LogP contribution is 2.49. The second-order valence-electron chi connectivity index (χ2n) is 6.28. The van der Waals surface area contributed by atoms with Gasteiger partial charge in [-0.05, 0) is 12.8 Å². The Kier molecular flexibility index (Phi) is 3.61. The molecule has 11 heteroatoms. The Balaban J connectivity index is 1.62. The minimum atomic E-state index is -4.48.